The minimum Gasteiger partial charge on any atom is -0.378 e. The molecule has 0 fully saturated rings. The molecule has 1 atom stereocenters. The van der Waals surface area contributed by atoms with Crippen LogP contribution in [0.25, 0.3) is 0 Å². The number of aliphatic hydroxyl groups is 1. The molecule has 0 radical (unpaired) electrons. The van der Waals surface area contributed by atoms with E-state index in [2.05, 4.69) is 10.3 Å². The van der Waals surface area contributed by atoms with E-state index < -0.39 is 12.0 Å². The summed E-state index contributed by atoms with van der Waals surface area (Å²) >= 11 is 0. The number of rotatable bonds is 4. The van der Waals surface area contributed by atoms with E-state index in [0.29, 0.717) is 12.1 Å². The van der Waals surface area contributed by atoms with E-state index in [0.717, 1.165) is 5.56 Å². The molecule has 0 aliphatic heterocycles. The van der Waals surface area contributed by atoms with Gasteiger partial charge in [0.05, 0.1) is 0 Å². The van der Waals surface area contributed by atoms with Crippen LogP contribution in [0.4, 0.5) is 0 Å². The molecule has 2 N–H and O–H groups in total. The third-order valence-electron chi connectivity index (χ3n) is 2.55. The largest absolute Gasteiger partial charge is 0.378 e. The number of carbonyl (C=O) groups excluding carboxylic acids is 1. The summed E-state index contributed by atoms with van der Waals surface area (Å²) < 4.78 is 0. The van der Waals surface area contributed by atoms with Crippen LogP contribution in [-0.4, -0.2) is 16.0 Å². The number of hydrogen-bond acceptors (Lipinski definition) is 3. The van der Waals surface area contributed by atoms with Crippen LogP contribution >= 0.6 is 0 Å². The predicted octanol–water partition coefficient (Wildman–Crippen LogP) is 1.43. The van der Waals surface area contributed by atoms with E-state index in [1.807, 2.05) is 12.1 Å². The average Bonchev–Trinajstić information content (AvgIpc) is 2.46. The van der Waals surface area contributed by atoms with E-state index in [9.17, 15) is 9.90 Å². The Hall–Kier alpha value is -2.20. The maximum Gasteiger partial charge on any atom is 0.253 e. The molecule has 1 heterocycles. The zero-order chi connectivity index (χ0) is 12.8. The van der Waals surface area contributed by atoms with Crippen molar-refractivity contribution in [1.29, 1.82) is 0 Å². The van der Waals surface area contributed by atoms with Crippen molar-refractivity contribution in [2.75, 3.05) is 0 Å². The van der Waals surface area contributed by atoms with Gasteiger partial charge < -0.3 is 10.4 Å². The normalized spacial score (nSPS) is 11.8. The molecule has 0 aliphatic rings. The number of pyridine rings is 1. The van der Waals surface area contributed by atoms with Gasteiger partial charge in [0, 0.05) is 18.9 Å². The van der Waals surface area contributed by atoms with Gasteiger partial charge in [-0.2, -0.15) is 0 Å². The van der Waals surface area contributed by atoms with Crippen molar-refractivity contribution < 1.29 is 9.90 Å². The average molecular weight is 242 g/mol. The molecule has 1 aromatic carbocycles. The molecule has 2 aromatic rings. The molecule has 18 heavy (non-hydrogen) atoms. The number of carbonyl (C=O) groups is 1. The van der Waals surface area contributed by atoms with Crippen LogP contribution in [-0.2, 0) is 11.3 Å². The van der Waals surface area contributed by atoms with Gasteiger partial charge >= 0.3 is 0 Å². The van der Waals surface area contributed by atoms with Crippen molar-refractivity contribution in [3.05, 3.63) is 66.0 Å². The predicted molar refractivity (Wildman–Crippen MR) is 67.5 cm³/mol. The Morgan fingerprint density at radius 3 is 2.67 bits per heavy atom. The first-order chi connectivity index (χ1) is 8.77. The van der Waals surface area contributed by atoms with Crippen LogP contribution in [0.5, 0.6) is 0 Å². The number of aromatic nitrogens is 1. The Balaban J connectivity index is 1.93. The van der Waals surface area contributed by atoms with Crippen molar-refractivity contribution in [3.8, 4) is 0 Å². The lowest BCUT2D eigenvalue weighted by Gasteiger charge is -2.11. The summed E-state index contributed by atoms with van der Waals surface area (Å²) in [6, 6.07) is 12.5. The van der Waals surface area contributed by atoms with Gasteiger partial charge in [-0.3, -0.25) is 9.78 Å². The van der Waals surface area contributed by atoms with Crippen LogP contribution in [0.15, 0.2) is 54.9 Å². The molecular formula is C14H14N2O2. The van der Waals surface area contributed by atoms with Gasteiger partial charge in [0.1, 0.15) is 0 Å². The quantitative estimate of drug-likeness (QED) is 0.852. The fraction of sp³-hybridized carbons (Fsp3) is 0.143. The van der Waals surface area contributed by atoms with Crippen LogP contribution in [0.1, 0.15) is 17.2 Å². The smallest absolute Gasteiger partial charge is 0.253 e. The van der Waals surface area contributed by atoms with Gasteiger partial charge in [0.2, 0.25) is 0 Å². The molecule has 0 bridgehead atoms. The Bertz CT molecular complexity index is 500. The van der Waals surface area contributed by atoms with Crippen molar-refractivity contribution >= 4 is 5.91 Å². The molecule has 2 rings (SSSR count). The first kappa shape index (κ1) is 12.3. The maximum absolute atomic E-state index is 11.7. The zero-order valence-electron chi connectivity index (χ0n) is 9.78. The van der Waals surface area contributed by atoms with Crippen molar-refractivity contribution in [2.24, 2.45) is 0 Å². The van der Waals surface area contributed by atoms with Crippen molar-refractivity contribution in [1.82, 2.24) is 10.3 Å². The van der Waals surface area contributed by atoms with Crippen LogP contribution in [0, 0.1) is 0 Å². The Morgan fingerprint density at radius 2 is 2.00 bits per heavy atom. The Labute approximate surface area is 105 Å². The van der Waals surface area contributed by atoms with E-state index in [1.54, 1.807) is 42.7 Å². The van der Waals surface area contributed by atoms with Gasteiger partial charge in [-0.05, 0) is 17.2 Å². The third-order valence-corrected chi connectivity index (χ3v) is 2.55. The number of amides is 1. The second-order valence-corrected chi connectivity index (χ2v) is 3.89. The molecule has 4 heteroatoms. The highest BCUT2D eigenvalue weighted by Crippen LogP contribution is 2.11. The zero-order valence-corrected chi connectivity index (χ0v) is 9.78. The highest BCUT2D eigenvalue weighted by molar-refractivity contribution is 5.81. The van der Waals surface area contributed by atoms with Crippen LogP contribution in [0.3, 0.4) is 0 Å². The van der Waals surface area contributed by atoms with E-state index >= 15 is 0 Å². The van der Waals surface area contributed by atoms with Crippen molar-refractivity contribution in [2.45, 2.75) is 12.6 Å². The minimum absolute atomic E-state index is 0.358. The highest BCUT2D eigenvalue weighted by atomic mass is 16.3. The van der Waals surface area contributed by atoms with Gasteiger partial charge in [-0.1, -0.05) is 36.4 Å². The van der Waals surface area contributed by atoms with Gasteiger partial charge in [-0.25, -0.2) is 0 Å². The molecule has 0 saturated carbocycles. The fourth-order valence-corrected chi connectivity index (χ4v) is 1.58. The molecule has 0 aliphatic carbocycles. The molecule has 1 unspecified atom stereocenters. The van der Waals surface area contributed by atoms with Crippen LogP contribution < -0.4 is 5.32 Å². The van der Waals surface area contributed by atoms with Gasteiger partial charge in [-0.15, -0.1) is 0 Å². The Morgan fingerprint density at radius 1 is 1.22 bits per heavy atom. The topological polar surface area (TPSA) is 62.2 Å². The summed E-state index contributed by atoms with van der Waals surface area (Å²) in [4.78, 5) is 15.7. The van der Waals surface area contributed by atoms with Crippen LogP contribution in [0.2, 0.25) is 0 Å². The van der Waals surface area contributed by atoms with E-state index in [-0.39, 0.29) is 0 Å². The lowest BCUT2D eigenvalue weighted by Crippen LogP contribution is -2.28. The Kier molecular flexibility index (Phi) is 4.04. The number of hydrogen-bond donors (Lipinski definition) is 2. The second kappa shape index (κ2) is 5.93. The molecule has 4 nitrogen and oxygen atoms in total. The molecule has 1 aromatic heterocycles. The monoisotopic (exact) mass is 242 g/mol. The number of nitrogens with zero attached hydrogens (tertiary/aromatic N) is 1. The fourth-order valence-electron chi connectivity index (χ4n) is 1.58. The summed E-state index contributed by atoms with van der Waals surface area (Å²) in [5.41, 5.74) is 1.48. The first-order valence-corrected chi connectivity index (χ1v) is 5.67. The molecule has 0 spiro atoms. The second-order valence-electron chi connectivity index (χ2n) is 3.89. The van der Waals surface area contributed by atoms with Gasteiger partial charge in [0.15, 0.2) is 6.10 Å². The summed E-state index contributed by atoms with van der Waals surface area (Å²) in [7, 11) is 0. The number of benzene rings is 1. The van der Waals surface area contributed by atoms with Gasteiger partial charge in [0.25, 0.3) is 5.91 Å². The maximum atomic E-state index is 11.7. The number of nitrogens with one attached hydrogen (secondary N) is 1. The standard InChI is InChI=1S/C14H14N2O2/c17-13(12-6-2-1-3-7-12)14(18)16-10-11-5-4-8-15-9-11/h1-9,13,17H,10H2,(H,16,18). The minimum atomic E-state index is -1.14. The number of aliphatic hydroxyl groups excluding tert-OH is 1. The SMILES string of the molecule is O=C(NCc1cccnc1)C(O)c1ccccc1. The lowest BCUT2D eigenvalue weighted by atomic mass is 10.1. The lowest BCUT2D eigenvalue weighted by molar-refractivity contribution is -0.129. The third kappa shape index (κ3) is 3.15. The highest BCUT2D eigenvalue weighted by Gasteiger charge is 2.16. The first-order valence-electron chi connectivity index (χ1n) is 5.67. The van der Waals surface area contributed by atoms with Crippen molar-refractivity contribution in [3.63, 3.8) is 0 Å². The van der Waals surface area contributed by atoms with E-state index in [4.69, 9.17) is 0 Å². The molecular weight excluding hydrogens is 228 g/mol. The summed E-state index contributed by atoms with van der Waals surface area (Å²) in [5, 5.41) is 12.5. The summed E-state index contributed by atoms with van der Waals surface area (Å²) in [6.07, 6.45) is 2.21. The summed E-state index contributed by atoms with van der Waals surface area (Å²) in [6.45, 7) is 0.358. The summed E-state index contributed by atoms with van der Waals surface area (Å²) in [5.74, 6) is -0.412. The molecule has 92 valence electrons. The molecule has 0 saturated heterocycles. The van der Waals surface area contributed by atoms with E-state index in [1.165, 1.54) is 0 Å². The molecule has 1 amide bonds.